The largest absolute Gasteiger partial charge is 0.375 e. The van der Waals surface area contributed by atoms with Crippen molar-refractivity contribution in [3.63, 3.8) is 0 Å². The molecular weight excluding hydrogens is 360 g/mol. The van der Waals surface area contributed by atoms with Crippen LogP contribution in [0.2, 0.25) is 0 Å². The Morgan fingerprint density at radius 2 is 2.07 bits per heavy atom. The molecule has 9 nitrogen and oxygen atoms in total. The number of amides is 1. The van der Waals surface area contributed by atoms with Gasteiger partial charge in [-0.1, -0.05) is 0 Å². The van der Waals surface area contributed by atoms with Crippen molar-refractivity contribution in [2.75, 3.05) is 23.3 Å². The number of piperidine rings is 1. The molecule has 0 aliphatic carbocycles. The predicted octanol–water partition coefficient (Wildman–Crippen LogP) is 2.60. The minimum absolute atomic E-state index is 0.0200. The van der Waals surface area contributed by atoms with Crippen LogP contribution in [-0.2, 0) is 0 Å². The van der Waals surface area contributed by atoms with Crippen LogP contribution in [0, 0.1) is 10.1 Å². The van der Waals surface area contributed by atoms with Crippen molar-refractivity contribution in [1.82, 2.24) is 15.3 Å². The first-order chi connectivity index (χ1) is 13.4. The zero-order valence-electron chi connectivity index (χ0n) is 16.0. The first-order valence-electron chi connectivity index (χ1n) is 9.32. The number of carbonyl (C=O) groups excluding carboxylic acids is 1. The minimum Gasteiger partial charge on any atom is -0.375 e. The molecule has 0 saturated carbocycles. The Morgan fingerprint density at radius 1 is 1.32 bits per heavy atom. The number of nitro benzene ring substituents is 1. The number of anilines is 2. The van der Waals surface area contributed by atoms with Gasteiger partial charge in [0.2, 0.25) is 5.95 Å². The summed E-state index contributed by atoms with van der Waals surface area (Å²) in [5, 5.41) is 17.6. The molecule has 1 amide bonds. The van der Waals surface area contributed by atoms with E-state index in [4.69, 9.17) is 0 Å². The Hall–Kier alpha value is -3.23. The summed E-state index contributed by atoms with van der Waals surface area (Å²) in [6, 6.07) is 6.27. The number of nitrogens with zero attached hydrogens (tertiary/aromatic N) is 4. The summed E-state index contributed by atoms with van der Waals surface area (Å²) in [6.45, 7) is 5.18. The van der Waals surface area contributed by atoms with Crippen LogP contribution in [0.25, 0.3) is 0 Å². The Morgan fingerprint density at radius 3 is 2.75 bits per heavy atom. The molecule has 2 N–H and O–H groups in total. The highest BCUT2D eigenvalue weighted by Gasteiger charge is 2.25. The van der Waals surface area contributed by atoms with E-state index in [1.807, 2.05) is 13.8 Å². The number of benzene rings is 1. The average molecular weight is 384 g/mol. The Kier molecular flexibility index (Phi) is 6.03. The van der Waals surface area contributed by atoms with Gasteiger partial charge in [-0.05, 0) is 44.9 Å². The first-order valence-corrected chi connectivity index (χ1v) is 9.32. The third-order valence-corrected chi connectivity index (χ3v) is 4.49. The van der Waals surface area contributed by atoms with Gasteiger partial charge in [0.15, 0.2) is 0 Å². The van der Waals surface area contributed by atoms with E-state index in [2.05, 4.69) is 25.5 Å². The predicted molar refractivity (Wildman–Crippen MR) is 107 cm³/mol. The summed E-state index contributed by atoms with van der Waals surface area (Å²) in [5.74, 6) is 0.332. The number of nitro groups is 1. The summed E-state index contributed by atoms with van der Waals surface area (Å²) in [6.07, 6.45) is 5.21. The van der Waals surface area contributed by atoms with Crippen molar-refractivity contribution in [3.8, 4) is 0 Å². The van der Waals surface area contributed by atoms with Crippen LogP contribution >= 0.6 is 0 Å². The fourth-order valence-electron chi connectivity index (χ4n) is 3.24. The lowest BCUT2D eigenvalue weighted by atomic mass is 10.0. The molecule has 1 aromatic carbocycles. The number of hydrogen-bond acceptors (Lipinski definition) is 7. The van der Waals surface area contributed by atoms with Crippen LogP contribution in [0.4, 0.5) is 17.3 Å². The van der Waals surface area contributed by atoms with E-state index in [9.17, 15) is 14.9 Å². The standard InChI is InChI=1S/C19H24N6O3/c1-13(2)22-18(26)14-6-7-16(17(11-14)25(27)28)23-15-5-3-10-24(12-15)19-20-8-4-9-21-19/h4,6-9,11,13,15,23H,3,5,10,12H2,1-2H3,(H,22,26). The second-order valence-corrected chi connectivity index (χ2v) is 7.10. The van der Waals surface area contributed by atoms with Crippen LogP contribution in [0.1, 0.15) is 37.0 Å². The lowest BCUT2D eigenvalue weighted by molar-refractivity contribution is -0.384. The van der Waals surface area contributed by atoms with Crippen LogP contribution in [0.15, 0.2) is 36.7 Å². The number of rotatable bonds is 6. The van der Waals surface area contributed by atoms with E-state index in [1.165, 1.54) is 6.07 Å². The second kappa shape index (κ2) is 8.64. The molecule has 0 radical (unpaired) electrons. The maximum absolute atomic E-state index is 12.2. The van der Waals surface area contributed by atoms with Gasteiger partial charge in [-0.2, -0.15) is 0 Å². The number of hydrogen-bond donors (Lipinski definition) is 2. The van der Waals surface area contributed by atoms with Crippen molar-refractivity contribution >= 4 is 23.2 Å². The molecule has 0 bridgehead atoms. The highest BCUT2D eigenvalue weighted by atomic mass is 16.6. The van der Waals surface area contributed by atoms with Crippen molar-refractivity contribution in [1.29, 1.82) is 0 Å². The maximum Gasteiger partial charge on any atom is 0.293 e. The highest BCUT2D eigenvalue weighted by Crippen LogP contribution is 2.28. The summed E-state index contributed by atoms with van der Waals surface area (Å²) in [5.41, 5.74) is 0.574. The Labute approximate surface area is 163 Å². The maximum atomic E-state index is 12.2. The third-order valence-electron chi connectivity index (χ3n) is 4.49. The van der Waals surface area contributed by atoms with Gasteiger partial charge >= 0.3 is 0 Å². The highest BCUT2D eigenvalue weighted by molar-refractivity contribution is 5.95. The van der Waals surface area contributed by atoms with Gasteiger partial charge < -0.3 is 15.5 Å². The van der Waals surface area contributed by atoms with Gasteiger partial charge in [-0.15, -0.1) is 0 Å². The molecule has 1 aliphatic heterocycles. The molecule has 3 rings (SSSR count). The summed E-state index contributed by atoms with van der Waals surface area (Å²) < 4.78 is 0. The van der Waals surface area contributed by atoms with Crippen LogP contribution in [0.3, 0.4) is 0 Å². The molecule has 2 heterocycles. The van der Waals surface area contributed by atoms with E-state index < -0.39 is 4.92 Å². The lowest BCUT2D eigenvalue weighted by Gasteiger charge is -2.33. The third kappa shape index (κ3) is 4.73. The van der Waals surface area contributed by atoms with E-state index in [1.54, 1.807) is 30.6 Å². The Bertz CT molecular complexity index is 843. The molecular formula is C19H24N6O3. The van der Waals surface area contributed by atoms with Crippen LogP contribution in [0.5, 0.6) is 0 Å². The molecule has 1 atom stereocenters. The molecule has 1 aliphatic rings. The Balaban J connectivity index is 1.75. The zero-order chi connectivity index (χ0) is 20.1. The molecule has 1 saturated heterocycles. The normalized spacial score (nSPS) is 16.7. The summed E-state index contributed by atoms with van der Waals surface area (Å²) in [7, 11) is 0. The second-order valence-electron chi connectivity index (χ2n) is 7.10. The monoisotopic (exact) mass is 384 g/mol. The molecule has 28 heavy (non-hydrogen) atoms. The minimum atomic E-state index is -0.463. The van der Waals surface area contributed by atoms with Crippen molar-refractivity contribution in [2.45, 2.75) is 38.8 Å². The molecule has 1 aromatic heterocycles. The zero-order valence-corrected chi connectivity index (χ0v) is 16.0. The SMILES string of the molecule is CC(C)NC(=O)c1ccc(NC2CCCN(c3ncccn3)C2)c([N+](=O)[O-])c1. The van der Waals surface area contributed by atoms with E-state index in [-0.39, 0.29) is 29.2 Å². The topological polar surface area (TPSA) is 113 Å². The van der Waals surface area contributed by atoms with Crippen LogP contribution in [-0.4, -0.2) is 46.0 Å². The van der Waals surface area contributed by atoms with Gasteiger partial charge in [0, 0.05) is 49.2 Å². The average Bonchev–Trinajstić information content (AvgIpc) is 2.68. The number of carbonyl (C=O) groups is 1. The van der Waals surface area contributed by atoms with Gasteiger partial charge in [0.1, 0.15) is 5.69 Å². The van der Waals surface area contributed by atoms with E-state index >= 15 is 0 Å². The molecule has 2 aromatic rings. The van der Waals surface area contributed by atoms with Gasteiger partial charge in [-0.25, -0.2) is 9.97 Å². The van der Waals surface area contributed by atoms with Gasteiger partial charge in [-0.3, -0.25) is 14.9 Å². The van der Waals surface area contributed by atoms with E-state index in [0.29, 0.717) is 18.2 Å². The molecule has 9 heteroatoms. The van der Waals surface area contributed by atoms with Crippen molar-refractivity contribution in [2.24, 2.45) is 0 Å². The fraction of sp³-hybridized carbons (Fsp3) is 0.421. The summed E-state index contributed by atoms with van der Waals surface area (Å²) >= 11 is 0. The van der Waals surface area contributed by atoms with Gasteiger partial charge in [0.25, 0.3) is 11.6 Å². The van der Waals surface area contributed by atoms with E-state index in [0.717, 1.165) is 19.4 Å². The molecule has 148 valence electrons. The quantitative estimate of drug-likeness (QED) is 0.581. The van der Waals surface area contributed by atoms with Gasteiger partial charge in [0.05, 0.1) is 4.92 Å². The molecule has 0 spiro atoms. The molecule has 1 fully saturated rings. The smallest absolute Gasteiger partial charge is 0.293 e. The fourth-order valence-corrected chi connectivity index (χ4v) is 3.24. The summed E-state index contributed by atoms with van der Waals surface area (Å²) in [4.78, 5) is 33.9. The van der Waals surface area contributed by atoms with Crippen molar-refractivity contribution in [3.05, 3.63) is 52.3 Å². The lowest BCUT2D eigenvalue weighted by Crippen LogP contribution is -2.43. The first kappa shape index (κ1) is 19.5. The number of aromatic nitrogens is 2. The van der Waals surface area contributed by atoms with Crippen molar-refractivity contribution < 1.29 is 9.72 Å². The number of nitrogens with one attached hydrogen (secondary N) is 2. The van der Waals surface area contributed by atoms with Crippen LogP contribution < -0.4 is 15.5 Å². The molecule has 1 unspecified atom stereocenters.